The Morgan fingerprint density at radius 1 is 1.06 bits per heavy atom. The van der Waals surface area contributed by atoms with E-state index in [4.69, 9.17) is 14.2 Å². The van der Waals surface area contributed by atoms with Gasteiger partial charge in [0.2, 0.25) is 11.8 Å². The van der Waals surface area contributed by atoms with Crippen LogP contribution < -0.4 is 15.4 Å². The molecule has 3 aliphatic heterocycles. The zero-order chi connectivity index (χ0) is 25.1. The number of likely N-dealkylation sites (N-methyl/N-ethyl adjacent to an activating group) is 1. The van der Waals surface area contributed by atoms with E-state index >= 15 is 0 Å². The van der Waals surface area contributed by atoms with Gasteiger partial charge in [-0.3, -0.25) is 14.4 Å². The van der Waals surface area contributed by atoms with Crippen molar-refractivity contribution in [3.63, 3.8) is 0 Å². The van der Waals surface area contributed by atoms with Crippen LogP contribution in [0.15, 0.2) is 18.2 Å². The fourth-order valence-electron chi connectivity index (χ4n) is 5.87. The van der Waals surface area contributed by atoms with Gasteiger partial charge in [0.05, 0.1) is 24.1 Å². The molecule has 2 saturated heterocycles. The molecule has 196 valence electrons. The smallest absolute Gasteiger partial charge is 0.257 e. The molecule has 0 aromatic heterocycles. The molecule has 9 nitrogen and oxygen atoms in total. The van der Waals surface area contributed by atoms with Crippen LogP contribution in [0.4, 0.5) is 5.69 Å². The second-order valence-corrected chi connectivity index (χ2v) is 10.5. The Balaban J connectivity index is 1.22. The number of amides is 3. The summed E-state index contributed by atoms with van der Waals surface area (Å²) in [5.41, 5.74) is 1.01. The maximum absolute atomic E-state index is 13.4. The van der Waals surface area contributed by atoms with Crippen molar-refractivity contribution in [1.29, 1.82) is 0 Å². The predicted octanol–water partition coefficient (Wildman–Crippen LogP) is 2.88. The van der Waals surface area contributed by atoms with E-state index in [1.807, 2.05) is 0 Å². The summed E-state index contributed by atoms with van der Waals surface area (Å²) in [5.74, 6) is 0.225. The van der Waals surface area contributed by atoms with Crippen LogP contribution in [0.3, 0.4) is 0 Å². The Hall–Kier alpha value is -2.65. The Morgan fingerprint density at radius 2 is 1.83 bits per heavy atom. The third-order valence-electron chi connectivity index (χ3n) is 8.00. The number of nitrogens with one attached hydrogen (secondary N) is 2. The van der Waals surface area contributed by atoms with E-state index in [0.29, 0.717) is 68.5 Å². The van der Waals surface area contributed by atoms with Crippen molar-refractivity contribution >= 4 is 23.4 Å². The lowest BCUT2D eigenvalue weighted by Gasteiger charge is -2.42. The van der Waals surface area contributed by atoms with Gasteiger partial charge in [0.25, 0.3) is 5.91 Å². The lowest BCUT2D eigenvalue weighted by molar-refractivity contribution is -0.134. The molecule has 5 rings (SSSR count). The predicted molar refractivity (Wildman–Crippen MR) is 133 cm³/mol. The van der Waals surface area contributed by atoms with Crippen LogP contribution in [0.5, 0.6) is 5.75 Å². The lowest BCUT2D eigenvalue weighted by atomic mass is 9.94. The lowest BCUT2D eigenvalue weighted by Crippen LogP contribution is -2.54. The minimum atomic E-state index is -0.307. The third kappa shape index (κ3) is 5.67. The van der Waals surface area contributed by atoms with Gasteiger partial charge in [-0.05, 0) is 56.7 Å². The Kier molecular flexibility index (Phi) is 7.76. The highest BCUT2D eigenvalue weighted by atomic mass is 16.5. The van der Waals surface area contributed by atoms with E-state index < -0.39 is 0 Å². The van der Waals surface area contributed by atoms with Crippen LogP contribution in [0.25, 0.3) is 0 Å². The standard InChI is InChI=1S/C27H37N3O6/c1-30-22-8-7-20(15-25(31)28-18-4-2-3-5-18)36-24(22)16-35-23-9-6-19(14-21(23)27(30)33)29-26(32)17-10-12-34-13-11-17/h6,9,14,17-18,20,22,24H,2-5,7-8,10-13,15-16H2,1H3,(H,28,31)(H,29,32)/t20-,22-,24+/m1/s1. The SMILES string of the molecule is CN1C(=O)c2cc(NC(=O)C3CCOCC3)ccc2OC[C@@H]2O[C@@H](CC(=O)NC3CCCC3)CC[C@H]21. The molecular formula is C27H37N3O6. The van der Waals surface area contributed by atoms with E-state index in [0.717, 1.165) is 19.3 Å². The number of hydrogen-bond donors (Lipinski definition) is 2. The van der Waals surface area contributed by atoms with Crippen molar-refractivity contribution in [3.8, 4) is 5.75 Å². The number of ether oxygens (including phenoxy) is 3. The van der Waals surface area contributed by atoms with Gasteiger partial charge in [-0.15, -0.1) is 0 Å². The molecule has 3 fully saturated rings. The van der Waals surface area contributed by atoms with Crippen molar-refractivity contribution in [3.05, 3.63) is 23.8 Å². The molecule has 3 amide bonds. The zero-order valence-corrected chi connectivity index (χ0v) is 21.0. The average Bonchev–Trinajstić information content (AvgIpc) is 3.40. The summed E-state index contributed by atoms with van der Waals surface area (Å²) in [6.07, 6.45) is 7.19. The van der Waals surface area contributed by atoms with Crippen LogP contribution in [0.1, 0.15) is 68.1 Å². The molecule has 1 saturated carbocycles. The number of carbonyl (C=O) groups excluding carboxylic acids is 3. The van der Waals surface area contributed by atoms with E-state index in [-0.39, 0.29) is 41.9 Å². The molecule has 1 aliphatic carbocycles. The molecule has 3 heterocycles. The van der Waals surface area contributed by atoms with Crippen LogP contribution in [0.2, 0.25) is 0 Å². The van der Waals surface area contributed by atoms with Crippen molar-refractivity contribution in [2.24, 2.45) is 5.92 Å². The van der Waals surface area contributed by atoms with E-state index in [9.17, 15) is 14.4 Å². The highest BCUT2D eigenvalue weighted by Gasteiger charge is 2.39. The number of carbonyl (C=O) groups is 3. The second-order valence-electron chi connectivity index (χ2n) is 10.5. The van der Waals surface area contributed by atoms with E-state index in [2.05, 4.69) is 10.6 Å². The summed E-state index contributed by atoms with van der Waals surface area (Å²) < 4.78 is 17.7. The van der Waals surface area contributed by atoms with Crippen LogP contribution in [-0.4, -0.2) is 73.8 Å². The maximum atomic E-state index is 13.4. The monoisotopic (exact) mass is 499 g/mol. The van der Waals surface area contributed by atoms with Gasteiger partial charge in [0.15, 0.2) is 0 Å². The summed E-state index contributed by atoms with van der Waals surface area (Å²) in [5, 5.41) is 6.09. The second kappa shape index (κ2) is 11.2. The van der Waals surface area contributed by atoms with E-state index in [1.54, 1.807) is 30.1 Å². The molecule has 0 unspecified atom stereocenters. The molecule has 9 heteroatoms. The number of rotatable bonds is 5. The van der Waals surface area contributed by atoms with Crippen molar-refractivity contribution in [2.45, 2.75) is 82.1 Å². The summed E-state index contributed by atoms with van der Waals surface area (Å²) in [7, 11) is 1.79. The minimum absolute atomic E-state index is 0.0437. The Morgan fingerprint density at radius 3 is 2.61 bits per heavy atom. The molecule has 0 radical (unpaired) electrons. The van der Waals surface area contributed by atoms with Gasteiger partial charge in [-0.2, -0.15) is 0 Å². The quantitative estimate of drug-likeness (QED) is 0.645. The first kappa shape index (κ1) is 25.0. The van der Waals surface area contributed by atoms with Gasteiger partial charge < -0.3 is 29.7 Å². The van der Waals surface area contributed by atoms with Gasteiger partial charge in [0, 0.05) is 37.9 Å². The topological polar surface area (TPSA) is 106 Å². The molecule has 1 aromatic carbocycles. The first-order valence-electron chi connectivity index (χ1n) is 13.4. The highest BCUT2D eigenvalue weighted by Crippen LogP contribution is 2.33. The summed E-state index contributed by atoms with van der Waals surface area (Å²) in [6, 6.07) is 5.35. The molecular weight excluding hydrogens is 462 g/mol. The molecule has 1 aromatic rings. The maximum Gasteiger partial charge on any atom is 0.257 e. The number of hydrogen-bond acceptors (Lipinski definition) is 6. The van der Waals surface area contributed by atoms with Gasteiger partial charge in [-0.25, -0.2) is 0 Å². The normalized spacial score (nSPS) is 27.3. The van der Waals surface area contributed by atoms with E-state index in [1.165, 1.54) is 12.8 Å². The Labute approximate surface area is 212 Å². The summed E-state index contributed by atoms with van der Waals surface area (Å²) in [6.45, 7) is 1.48. The molecule has 0 spiro atoms. The van der Waals surface area contributed by atoms with Gasteiger partial charge in [-0.1, -0.05) is 12.8 Å². The van der Waals surface area contributed by atoms with Crippen LogP contribution >= 0.6 is 0 Å². The Bertz CT molecular complexity index is 972. The van der Waals surface area contributed by atoms with Crippen molar-refractivity contribution in [1.82, 2.24) is 10.2 Å². The molecule has 0 bridgehead atoms. The fourth-order valence-corrected chi connectivity index (χ4v) is 5.87. The zero-order valence-electron chi connectivity index (χ0n) is 21.0. The van der Waals surface area contributed by atoms with Crippen molar-refractivity contribution in [2.75, 3.05) is 32.2 Å². The first-order chi connectivity index (χ1) is 17.5. The molecule has 4 aliphatic rings. The van der Waals surface area contributed by atoms with Crippen molar-refractivity contribution < 1.29 is 28.6 Å². The molecule has 2 N–H and O–H groups in total. The first-order valence-corrected chi connectivity index (χ1v) is 13.4. The number of fused-ring (bicyclic) bond motifs is 2. The van der Waals surface area contributed by atoms with Gasteiger partial charge >= 0.3 is 0 Å². The van der Waals surface area contributed by atoms with Gasteiger partial charge in [0.1, 0.15) is 18.5 Å². The average molecular weight is 500 g/mol. The fraction of sp³-hybridized carbons (Fsp3) is 0.667. The molecule has 3 atom stereocenters. The third-order valence-corrected chi connectivity index (χ3v) is 8.00. The van der Waals surface area contributed by atoms with Crippen LogP contribution in [-0.2, 0) is 19.1 Å². The van der Waals surface area contributed by atoms with Crippen LogP contribution in [0, 0.1) is 5.92 Å². The number of benzene rings is 1. The number of anilines is 1. The largest absolute Gasteiger partial charge is 0.490 e. The minimum Gasteiger partial charge on any atom is -0.490 e. The highest BCUT2D eigenvalue weighted by molar-refractivity contribution is 6.00. The summed E-state index contributed by atoms with van der Waals surface area (Å²) >= 11 is 0. The summed E-state index contributed by atoms with van der Waals surface area (Å²) in [4.78, 5) is 40.3. The number of nitrogens with zero attached hydrogens (tertiary/aromatic N) is 1. The molecule has 36 heavy (non-hydrogen) atoms.